The predicted octanol–water partition coefficient (Wildman–Crippen LogP) is 2.28. The van der Waals surface area contributed by atoms with Crippen molar-refractivity contribution < 1.29 is 19.5 Å². The smallest absolute Gasteiger partial charge is 0.266 e. The molecule has 1 heterocycles. The fraction of sp³-hybridized carbons (Fsp3) is 0.100. The van der Waals surface area contributed by atoms with Gasteiger partial charge in [0.15, 0.2) is 0 Å². The Morgan fingerprint density at radius 3 is 2.43 bits per heavy atom. The van der Waals surface area contributed by atoms with E-state index in [-0.39, 0.29) is 30.3 Å². The Balaban J connectivity index is 1.57. The van der Waals surface area contributed by atoms with Gasteiger partial charge in [-0.05, 0) is 29.3 Å². The largest absolute Gasteiger partial charge is 0.545 e. The number of thioether (sulfide) groups is 1. The summed E-state index contributed by atoms with van der Waals surface area (Å²) in [6.07, 6.45) is 1.84. The molecule has 1 aliphatic heterocycles. The Labute approximate surface area is 171 Å². The Morgan fingerprint density at radius 2 is 1.79 bits per heavy atom. The summed E-state index contributed by atoms with van der Waals surface area (Å²) in [6, 6.07) is 15.1. The fourth-order valence-electron chi connectivity index (χ4n) is 2.52. The third-order valence-corrected chi connectivity index (χ3v) is 5.32. The van der Waals surface area contributed by atoms with Crippen LogP contribution in [0, 0.1) is 0 Å². The molecular weight excluding hydrogens is 396 g/mol. The molecule has 0 saturated carbocycles. The summed E-state index contributed by atoms with van der Waals surface area (Å²) >= 11 is 6.48. The summed E-state index contributed by atoms with van der Waals surface area (Å²) in [5, 5.41) is 13.4. The van der Waals surface area contributed by atoms with Gasteiger partial charge in [0, 0.05) is 18.7 Å². The van der Waals surface area contributed by atoms with Crippen LogP contribution in [0.25, 0.3) is 6.08 Å². The first-order valence-electron chi connectivity index (χ1n) is 8.36. The summed E-state index contributed by atoms with van der Waals surface area (Å²) in [4.78, 5) is 37.3. The number of carbonyl (C=O) groups excluding carboxylic acids is 3. The van der Waals surface area contributed by atoms with Crippen molar-refractivity contribution in [3.05, 3.63) is 70.6 Å². The minimum atomic E-state index is -1.28. The van der Waals surface area contributed by atoms with Crippen LogP contribution in [0.5, 0.6) is 0 Å². The molecule has 6 nitrogen and oxygen atoms in total. The lowest BCUT2D eigenvalue weighted by molar-refractivity contribution is -0.255. The molecule has 2 amide bonds. The summed E-state index contributed by atoms with van der Waals surface area (Å²) in [5.74, 6) is -1.80. The summed E-state index contributed by atoms with van der Waals surface area (Å²) in [7, 11) is 0. The van der Waals surface area contributed by atoms with Crippen LogP contribution in [0.3, 0.4) is 0 Å². The maximum absolute atomic E-state index is 12.5. The van der Waals surface area contributed by atoms with Crippen LogP contribution in [0.2, 0.25) is 0 Å². The van der Waals surface area contributed by atoms with Gasteiger partial charge in [-0.2, -0.15) is 0 Å². The molecular formula is C20H15N2O4S2-. The topological polar surface area (TPSA) is 89.5 Å². The van der Waals surface area contributed by atoms with E-state index in [0.717, 1.165) is 5.56 Å². The van der Waals surface area contributed by atoms with Crippen LogP contribution >= 0.6 is 24.0 Å². The van der Waals surface area contributed by atoms with Gasteiger partial charge in [-0.3, -0.25) is 14.5 Å². The van der Waals surface area contributed by atoms with E-state index in [4.69, 9.17) is 12.2 Å². The van der Waals surface area contributed by atoms with E-state index in [1.807, 2.05) is 30.3 Å². The SMILES string of the molecule is O=C(CCN1C(=O)/C(=C/c2ccccc2)SC1=S)Nc1ccc(C(=O)[O-])cc1. The van der Waals surface area contributed by atoms with Crippen LogP contribution < -0.4 is 10.4 Å². The van der Waals surface area contributed by atoms with Gasteiger partial charge < -0.3 is 15.2 Å². The van der Waals surface area contributed by atoms with Crippen LogP contribution in [-0.2, 0) is 9.59 Å². The number of carbonyl (C=O) groups is 3. The molecule has 0 bridgehead atoms. The van der Waals surface area contributed by atoms with Crippen molar-refractivity contribution in [3.63, 3.8) is 0 Å². The first kappa shape index (κ1) is 19.8. The van der Waals surface area contributed by atoms with Crippen molar-refractivity contribution in [2.75, 3.05) is 11.9 Å². The maximum atomic E-state index is 12.5. The van der Waals surface area contributed by atoms with E-state index in [1.165, 1.54) is 40.9 Å². The third kappa shape index (κ3) is 4.85. The molecule has 142 valence electrons. The number of benzene rings is 2. The number of hydrogen-bond acceptors (Lipinski definition) is 6. The number of carboxylic acid groups (broad SMARTS) is 1. The molecule has 0 spiro atoms. The highest BCUT2D eigenvalue weighted by atomic mass is 32.2. The monoisotopic (exact) mass is 411 g/mol. The van der Waals surface area contributed by atoms with Gasteiger partial charge in [-0.15, -0.1) is 0 Å². The van der Waals surface area contributed by atoms with Crippen LogP contribution in [0.15, 0.2) is 59.5 Å². The van der Waals surface area contributed by atoms with Gasteiger partial charge in [0.25, 0.3) is 5.91 Å². The highest BCUT2D eigenvalue weighted by Gasteiger charge is 2.32. The maximum Gasteiger partial charge on any atom is 0.266 e. The predicted molar refractivity (Wildman–Crippen MR) is 110 cm³/mol. The van der Waals surface area contributed by atoms with Gasteiger partial charge >= 0.3 is 0 Å². The highest BCUT2D eigenvalue weighted by molar-refractivity contribution is 8.26. The van der Waals surface area contributed by atoms with Gasteiger partial charge in [-0.1, -0.05) is 66.4 Å². The second-order valence-electron chi connectivity index (χ2n) is 5.91. The highest BCUT2D eigenvalue weighted by Crippen LogP contribution is 2.32. The average Bonchev–Trinajstić information content (AvgIpc) is 2.94. The van der Waals surface area contributed by atoms with Crippen molar-refractivity contribution >= 4 is 57.8 Å². The van der Waals surface area contributed by atoms with E-state index in [2.05, 4.69) is 5.32 Å². The Morgan fingerprint density at radius 1 is 1.11 bits per heavy atom. The fourth-order valence-corrected chi connectivity index (χ4v) is 3.83. The summed E-state index contributed by atoms with van der Waals surface area (Å²) < 4.78 is 0.415. The van der Waals surface area contributed by atoms with Gasteiger partial charge in [-0.25, -0.2) is 0 Å². The molecule has 0 aromatic heterocycles. The number of aromatic carboxylic acids is 1. The molecule has 1 fully saturated rings. The molecule has 2 aromatic carbocycles. The Kier molecular flexibility index (Phi) is 6.23. The normalized spacial score (nSPS) is 15.1. The lowest BCUT2D eigenvalue weighted by Crippen LogP contribution is -2.31. The first-order valence-corrected chi connectivity index (χ1v) is 9.58. The van der Waals surface area contributed by atoms with Crippen LogP contribution in [-0.4, -0.2) is 33.5 Å². The minimum Gasteiger partial charge on any atom is -0.545 e. The average molecular weight is 411 g/mol. The van der Waals surface area contributed by atoms with Crippen LogP contribution in [0.4, 0.5) is 5.69 Å². The van der Waals surface area contributed by atoms with Crippen molar-refractivity contribution in [1.29, 1.82) is 0 Å². The zero-order valence-electron chi connectivity index (χ0n) is 14.6. The number of nitrogens with one attached hydrogen (secondary N) is 1. The standard InChI is InChI=1S/C20H16N2O4S2/c23-17(21-15-8-6-14(7-9-15)19(25)26)10-11-22-18(24)16(28-20(22)27)12-13-4-2-1-3-5-13/h1-9,12H,10-11H2,(H,21,23)(H,25,26)/p-1/b16-12-. The number of thiocarbonyl (C=S) groups is 1. The van der Waals surface area contributed by atoms with E-state index in [0.29, 0.717) is 14.9 Å². The van der Waals surface area contributed by atoms with Crippen LogP contribution in [0.1, 0.15) is 22.3 Å². The Bertz CT molecular complexity index is 956. The first-order chi connectivity index (χ1) is 13.4. The molecule has 2 aromatic rings. The minimum absolute atomic E-state index is 0.0285. The third-order valence-electron chi connectivity index (χ3n) is 3.94. The van der Waals surface area contributed by atoms with E-state index in [1.54, 1.807) is 6.08 Å². The molecule has 0 radical (unpaired) electrons. The Hall–Kier alpha value is -2.97. The lowest BCUT2D eigenvalue weighted by atomic mass is 10.2. The molecule has 1 saturated heterocycles. The molecule has 28 heavy (non-hydrogen) atoms. The van der Waals surface area contributed by atoms with E-state index < -0.39 is 5.97 Å². The van der Waals surface area contributed by atoms with Crippen molar-refractivity contribution in [1.82, 2.24) is 4.90 Å². The zero-order chi connectivity index (χ0) is 20.1. The molecule has 1 N–H and O–H groups in total. The number of anilines is 1. The summed E-state index contributed by atoms with van der Waals surface area (Å²) in [5.41, 5.74) is 1.39. The summed E-state index contributed by atoms with van der Waals surface area (Å²) in [6.45, 7) is 0.166. The van der Waals surface area contributed by atoms with E-state index >= 15 is 0 Å². The zero-order valence-corrected chi connectivity index (χ0v) is 16.2. The number of nitrogens with zero attached hydrogens (tertiary/aromatic N) is 1. The van der Waals surface area contributed by atoms with Gasteiger partial charge in [0.2, 0.25) is 5.91 Å². The molecule has 0 atom stereocenters. The van der Waals surface area contributed by atoms with E-state index in [9.17, 15) is 19.5 Å². The lowest BCUT2D eigenvalue weighted by Gasteiger charge is -2.14. The second kappa shape index (κ2) is 8.81. The molecule has 3 rings (SSSR count). The molecule has 8 heteroatoms. The van der Waals surface area contributed by atoms with Gasteiger partial charge in [0.1, 0.15) is 4.32 Å². The van der Waals surface area contributed by atoms with Gasteiger partial charge in [0.05, 0.1) is 10.9 Å². The molecule has 0 unspecified atom stereocenters. The number of carboxylic acids is 1. The van der Waals surface area contributed by atoms with Crippen molar-refractivity contribution in [3.8, 4) is 0 Å². The number of hydrogen-bond donors (Lipinski definition) is 1. The van der Waals surface area contributed by atoms with Crippen molar-refractivity contribution in [2.45, 2.75) is 6.42 Å². The number of rotatable bonds is 6. The number of amides is 2. The van der Waals surface area contributed by atoms with Crippen molar-refractivity contribution in [2.24, 2.45) is 0 Å². The second-order valence-corrected chi connectivity index (χ2v) is 7.58. The molecule has 1 aliphatic rings. The molecule has 0 aliphatic carbocycles. The quantitative estimate of drug-likeness (QED) is 0.579.